The first-order valence-corrected chi connectivity index (χ1v) is 10.4. The highest BCUT2D eigenvalue weighted by atomic mass is 19.4. The summed E-state index contributed by atoms with van der Waals surface area (Å²) in [6.07, 6.45) is -5.34. The molecule has 0 saturated carbocycles. The van der Waals surface area contributed by atoms with Gasteiger partial charge in [-0.3, -0.25) is 9.59 Å². The molecule has 0 N–H and O–H groups in total. The summed E-state index contributed by atoms with van der Waals surface area (Å²) in [7, 11) is 0. The van der Waals surface area contributed by atoms with Crippen molar-refractivity contribution in [3.63, 3.8) is 0 Å². The van der Waals surface area contributed by atoms with Gasteiger partial charge >= 0.3 is 24.3 Å². The molecule has 0 spiro atoms. The van der Waals surface area contributed by atoms with Crippen LogP contribution in [0.4, 0.5) is 18.0 Å². The van der Waals surface area contributed by atoms with Crippen molar-refractivity contribution in [3.8, 4) is 11.5 Å². The van der Waals surface area contributed by atoms with Gasteiger partial charge in [-0.15, -0.1) is 13.2 Å². The Labute approximate surface area is 188 Å². The van der Waals surface area contributed by atoms with E-state index in [9.17, 15) is 27.6 Å². The molecule has 3 amide bonds. The average molecular weight is 473 g/mol. The third-order valence-corrected chi connectivity index (χ3v) is 4.93. The van der Waals surface area contributed by atoms with Crippen LogP contribution in [0.5, 0.6) is 11.5 Å². The molecule has 0 radical (unpaired) electrons. The number of hydrogen-bond donors (Lipinski definition) is 0. The second-order valence-electron chi connectivity index (χ2n) is 8.65. The van der Waals surface area contributed by atoms with Gasteiger partial charge in [0.15, 0.2) is 0 Å². The van der Waals surface area contributed by atoms with Crippen molar-refractivity contribution in [2.75, 3.05) is 39.3 Å². The lowest BCUT2D eigenvalue weighted by Gasteiger charge is -2.35. The normalized spacial score (nSPS) is 17.0. The number of rotatable bonds is 1. The van der Waals surface area contributed by atoms with Crippen molar-refractivity contribution in [2.45, 2.75) is 39.3 Å². The highest BCUT2D eigenvalue weighted by molar-refractivity contribution is 6.34. The van der Waals surface area contributed by atoms with E-state index in [2.05, 4.69) is 4.74 Å². The number of ether oxygens (including phenoxy) is 3. The second kappa shape index (κ2) is 9.36. The summed E-state index contributed by atoms with van der Waals surface area (Å²) >= 11 is 0. The van der Waals surface area contributed by atoms with Crippen LogP contribution in [0.15, 0.2) is 18.2 Å². The van der Waals surface area contributed by atoms with Crippen LogP contribution in [0, 0.1) is 0 Å². The highest BCUT2D eigenvalue weighted by Gasteiger charge is 2.34. The van der Waals surface area contributed by atoms with E-state index in [-0.39, 0.29) is 45.9 Å². The lowest BCUT2D eigenvalue weighted by atomic mass is 10.1. The molecule has 0 atom stereocenters. The first kappa shape index (κ1) is 24.5. The van der Waals surface area contributed by atoms with Crippen LogP contribution in [-0.2, 0) is 20.9 Å². The van der Waals surface area contributed by atoms with Crippen molar-refractivity contribution < 1.29 is 41.8 Å². The minimum atomic E-state index is -4.85. The van der Waals surface area contributed by atoms with Crippen molar-refractivity contribution in [3.05, 3.63) is 23.8 Å². The number of carbonyl (C=O) groups is 3. The molecular weight excluding hydrogens is 447 g/mol. The van der Waals surface area contributed by atoms with Gasteiger partial charge in [0.1, 0.15) is 23.7 Å². The fraction of sp³-hybridized carbons (Fsp3) is 0.571. The fourth-order valence-electron chi connectivity index (χ4n) is 3.43. The number of halogens is 3. The van der Waals surface area contributed by atoms with Crippen LogP contribution < -0.4 is 9.47 Å². The number of amides is 3. The van der Waals surface area contributed by atoms with E-state index in [1.807, 2.05) is 0 Å². The van der Waals surface area contributed by atoms with Gasteiger partial charge in [-0.2, -0.15) is 0 Å². The second-order valence-corrected chi connectivity index (χ2v) is 8.65. The van der Waals surface area contributed by atoms with Crippen molar-refractivity contribution in [1.82, 2.24) is 14.7 Å². The molecular formula is C21H26F3N3O6. The summed E-state index contributed by atoms with van der Waals surface area (Å²) in [5.41, 5.74) is -0.346. The molecule has 1 aromatic carbocycles. The lowest BCUT2D eigenvalue weighted by molar-refractivity contribution is -0.274. The Morgan fingerprint density at radius 3 is 2.12 bits per heavy atom. The smallest absolute Gasteiger partial charge is 0.491 e. The minimum absolute atomic E-state index is 0.0813. The largest absolute Gasteiger partial charge is 0.573 e. The number of alkyl halides is 3. The molecule has 2 aliphatic rings. The van der Waals surface area contributed by atoms with E-state index in [1.54, 1.807) is 20.8 Å². The molecule has 182 valence electrons. The molecule has 33 heavy (non-hydrogen) atoms. The van der Waals surface area contributed by atoms with E-state index < -0.39 is 35.6 Å². The molecule has 1 fully saturated rings. The van der Waals surface area contributed by atoms with Gasteiger partial charge in [0.05, 0.1) is 13.1 Å². The van der Waals surface area contributed by atoms with Gasteiger partial charge in [-0.05, 0) is 39.0 Å². The average Bonchev–Trinajstić information content (AvgIpc) is 2.92. The Morgan fingerprint density at radius 1 is 0.909 bits per heavy atom. The standard InChI is InChI=1S/C21H26F3N3O6/c1-20(2,3)33-19(30)26-8-6-25(7-9-26)17(28)18(29)27-10-11-31-16-5-4-15(12-14(16)13-27)32-21(22,23)24/h4-5,12H,6-11,13H2,1-3H3. The number of benzene rings is 1. The molecule has 1 saturated heterocycles. The molecule has 1 aromatic rings. The van der Waals surface area contributed by atoms with Crippen LogP contribution in [0.2, 0.25) is 0 Å². The molecule has 0 aliphatic carbocycles. The molecule has 12 heteroatoms. The van der Waals surface area contributed by atoms with Crippen molar-refractivity contribution >= 4 is 17.9 Å². The van der Waals surface area contributed by atoms with Gasteiger partial charge in [0.25, 0.3) is 0 Å². The van der Waals surface area contributed by atoms with Crippen LogP contribution in [0.3, 0.4) is 0 Å². The Bertz CT molecular complexity index is 907. The minimum Gasteiger partial charge on any atom is -0.491 e. The molecule has 0 unspecified atom stereocenters. The summed E-state index contributed by atoms with van der Waals surface area (Å²) < 4.78 is 52.3. The summed E-state index contributed by atoms with van der Waals surface area (Å²) in [6.45, 7) is 6.09. The summed E-state index contributed by atoms with van der Waals surface area (Å²) in [4.78, 5) is 41.8. The predicted molar refractivity (Wildman–Crippen MR) is 108 cm³/mol. The molecule has 0 bridgehead atoms. The van der Waals surface area contributed by atoms with Gasteiger partial charge in [-0.25, -0.2) is 4.79 Å². The van der Waals surface area contributed by atoms with E-state index in [0.717, 1.165) is 12.1 Å². The number of piperazine rings is 1. The molecule has 2 heterocycles. The van der Waals surface area contributed by atoms with Crippen LogP contribution in [0.1, 0.15) is 26.3 Å². The molecule has 9 nitrogen and oxygen atoms in total. The van der Waals surface area contributed by atoms with Crippen molar-refractivity contribution in [1.29, 1.82) is 0 Å². The summed E-state index contributed by atoms with van der Waals surface area (Å²) in [6, 6.07) is 3.60. The van der Waals surface area contributed by atoms with Crippen LogP contribution >= 0.6 is 0 Å². The van der Waals surface area contributed by atoms with Gasteiger partial charge in [0.2, 0.25) is 0 Å². The quantitative estimate of drug-likeness (QED) is 0.582. The summed E-state index contributed by atoms with van der Waals surface area (Å²) in [5.74, 6) is -1.66. The maximum atomic E-state index is 12.8. The van der Waals surface area contributed by atoms with Gasteiger partial charge < -0.3 is 28.9 Å². The summed E-state index contributed by atoms with van der Waals surface area (Å²) in [5, 5.41) is 0. The highest BCUT2D eigenvalue weighted by Crippen LogP contribution is 2.30. The van der Waals surface area contributed by atoms with E-state index in [4.69, 9.17) is 9.47 Å². The first-order chi connectivity index (χ1) is 15.3. The van der Waals surface area contributed by atoms with Gasteiger partial charge in [-0.1, -0.05) is 0 Å². The zero-order chi connectivity index (χ0) is 24.4. The third-order valence-electron chi connectivity index (χ3n) is 4.93. The Balaban J connectivity index is 1.61. The van der Waals surface area contributed by atoms with E-state index in [0.29, 0.717) is 11.3 Å². The number of hydrogen-bond acceptors (Lipinski definition) is 6. The third kappa shape index (κ3) is 6.65. The Hall–Kier alpha value is -3.18. The molecule has 3 rings (SSSR count). The fourth-order valence-corrected chi connectivity index (χ4v) is 3.43. The lowest BCUT2D eigenvalue weighted by Crippen LogP contribution is -2.55. The maximum absolute atomic E-state index is 12.8. The maximum Gasteiger partial charge on any atom is 0.573 e. The zero-order valence-electron chi connectivity index (χ0n) is 18.6. The first-order valence-electron chi connectivity index (χ1n) is 10.4. The Morgan fingerprint density at radius 2 is 1.52 bits per heavy atom. The number of nitrogens with zero attached hydrogens (tertiary/aromatic N) is 3. The van der Waals surface area contributed by atoms with E-state index in [1.165, 1.54) is 20.8 Å². The monoisotopic (exact) mass is 473 g/mol. The Kier molecular flexibility index (Phi) is 6.94. The topological polar surface area (TPSA) is 88.6 Å². The SMILES string of the molecule is CC(C)(C)OC(=O)N1CCN(C(=O)C(=O)N2CCOc3ccc(OC(F)(F)F)cc3C2)CC1. The van der Waals surface area contributed by atoms with Crippen LogP contribution in [-0.4, -0.2) is 83.9 Å². The molecule has 0 aromatic heterocycles. The number of carbonyl (C=O) groups excluding carboxylic acids is 3. The van der Waals surface area contributed by atoms with Gasteiger partial charge in [0, 0.05) is 31.7 Å². The predicted octanol–water partition coefficient (Wildman–Crippen LogP) is 2.39. The van der Waals surface area contributed by atoms with Crippen LogP contribution in [0.25, 0.3) is 0 Å². The molecule has 2 aliphatic heterocycles. The number of fused-ring (bicyclic) bond motifs is 1. The van der Waals surface area contributed by atoms with E-state index >= 15 is 0 Å². The zero-order valence-corrected chi connectivity index (χ0v) is 18.6. The van der Waals surface area contributed by atoms with Crippen molar-refractivity contribution in [2.24, 2.45) is 0 Å².